The van der Waals surface area contributed by atoms with E-state index in [-0.39, 0.29) is 17.9 Å². The van der Waals surface area contributed by atoms with Crippen molar-refractivity contribution in [2.75, 3.05) is 25.5 Å². The van der Waals surface area contributed by atoms with Gasteiger partial charge in [-0.3, -0.25) is 9.89 Å². The maximum Gasteiger partial charge on any atom is 0.343 e. The lowest BCUT2D eigenvalue weighted by Crippen LogP contribution is -2.35. The van der Waals surface area contributed by atoms with Gasteiger partial charge in [-0.1, -0.05) is 0 Å². The molecule has 1 aromatic heterocycles. The number of nitrogens with zero attached hydrogens (tertiary/aromatic N) is 2. The van der Waals surface area contributed by atoms with Gasteiger partial charge in [-0.25, -0.2) is 17.6 Å². The molecule has 0 spiro atoms. The summed E-state index contributed by atoms with van der Waals surface area (Å²) < 4.78 is 43.9. The molecule has 1 aromatic carbocycles. The van der Waals surface area contributed by atoms with Crippen molar-refractivity contribution in [2.45, 2.75) is 18.9 Å². The van der Waals surface area contributed by atoms with Gasteiger partial charge in [0.2, 0.25) is 10.9 Å². The fourth-order valence-corrected chi connectivity index (χ4v) is 3.44. The maximum atomic E-state index is 12.9. The molecule has 1 amide bonds. The largest absolute Gasteiger partial charge is 0.462 e. The SMILES string of the molecule is CCOC(=O)c1c(S(=O)(=O)N(C)CC(=O)Nc2ccc(F)cc2)n[nH]c1C. The monoisotopic (exact) mass is 398 g/mol. The van der Waals surface area contributed by atoms with Crippen molar-refractivity contribution in [1.29, 1.82) is 0 Å². The van der Waals surface area contributed by atoms with Crippen LogP contribution in [0.4, 0.5) is 10.1 Å². The van der Waals surface area contributed by atoms with Crippen LogP contribution in [-0.4, -0.2) is 55.0 Å². The van der Waals surface area contributed by atoms with Gasteiger partial charge in [0, 0.05) is 18.4 Å². The molecule has 0 aliphatic heterocycles. The summed E-state index contributed by atoms with van der Waals surface area (Å²) in [5, 5.41) is 8.06. The number of nitrogens with one attached hydrogen (secondary N) is 2. The molecular weight excluding hydrogens is 379 g/mol. The second kappa shape index (κ2) is 8.27. The number of hydrogen-bond donors (Lipinski definition) is 2. The molecule has 0 saturated carbocycles. The van der Waals surface area contributed by atoms with Gasteiger partial charge in [0.05, 0.1) is 13.2 Å². The summed E-state index contributed by atoms with van der Waals surface area (Å²) in [5.41, 5.74) is 0.342. The Morgan fingerprint density at radius 2 is 1.93 bits per heavy atom. The van der Waals surface area contributed by atoms with Crippen LogP contribution in [0.2, 0.25) is 0 Å². The van der Waals surface area contributed by atoms with E-state index in [1.165, 1.54) is 26.1 Å². The number of sulfonamides is 1. The van der Waals surface area contributed by atoms with Gasteiger partial charge >= 0.3 is 5.97 Å². The Labute approximate surface area is 155 Å². The minimum absolute atomic E-state index is 0.0683. The normalized spacial score (nSPS) is 11.4. The number of carbonyl (C=O) groups excluding carboxylic acids is 2. The lowest BCUT2D eigenvalue weighted by atomic mass is 10.3. The van der Waals surface area contributed by atoms with Crippen LogP contribution >= 0.6 is 0 Å². The van der Waals surface area contributed by atoms with Gasteiger partial charge in [0.25, 0.3) is 10.0 Å². The number of benzene rings is 1. The molecule has 2 rings (SSSR count). The minimum atomic E-state index is -4.24. The highest BCUT2D eigenvalue weighted by Gasteiger charge is 2.33. The number of aromatic nitrogens is 2. The van der Waals surface area contributed by atoms with Gasteiger partial charge in [0.1, 0.15) is 11.4 Å². The molecule has 27 heavy (non-hydrogen) atoms. The fourth-order valence-electron chi connectivity index (χ4n) is 2.21. The lowest BCUT2D eigenvalue weighted by molar-refractivity contribution is -0.116. The van der Waals surface area contributed by atoms with E-state index in [2.05, 4.69) is 15.5 Å². The molecule has 0 radical (unpaired) electrons. The first-order chi connectivity index (χ1) is 12.7. The van der Waals surface area contributed by atoms with E-state index >= 15 is 0 Å². The van der Waals surface area contributed by atoms with Crippen molar-refractivity contribution in [2.24, 2.45) is 0 Å². The number of halogens is 1. The predicted molar refractivity (Wildman–Crippen MR) is 94.1 cm³/mol. The second-order valence-electron chi connectivity index (χ2n) is 5.57. The number of H-pyrrole nitrogens is 1. The fraction of sp³-hybridized carbons (Fsp3) is 0.312. The van der Waals surface area contributed by atoms with Crippen LogP contribution in [0.15, 0.2) is 29.3 Å². The van der Waals surface area contributed by atoms with Crippen molar-refractivity contribution >= 4 is 27.6 Å². The molecule has 0 atom stereocenters. The Bertz CT molecular complexity index is 940. The smallest absolute Gasteiger partial charge is 0.343 e. The third kappa shape index (κ3) is 4.68. The Kier molecular flexibility index (Phi) is 6.28. The Morgan fingerprint density at radius 3 is 2.52 bits per heavy atom. The van der Waals surface area contributed by atoms with Gasteiger partial charge in [-0.15, -0.1) is 0 Å². The molecule has 0 aliphatic carbocycles. The van der Waals surface area contributed by atoms with Crippen molar-refractivity contribution in [3.63, 3.8) is 0 Å². The highest BCUT2D eigenvalue weighted by atomic mass is 32.2. The molecule has 146 valence electrons. The summed E-state index contributed by atoms with van der Waals surface area (Å²) in [5.74, 6) is -1.93. The summed E-state index contributed by atoms with van der Waals surface area (Å²) in [7, 11) is -3.06. The third-order valence-electron chi connectivity index (χ3n) is 3.54. The van der Waals surface area contributed by atoms with Gasteiger partial charge in [-0.2, -0.15) is 9.40 Å². The zero-order valence-corrected chi connectivity index (χ0v) is 15.8. The molecule has 11 heteroatoms. The van der Waals surface area contributed by atoms with E-state index in [9.17, 15) is 22.4 Å². The molecule has 9 nitrogen and oxygen atoms in total. The van der Waals surface area contributed by atoms with Gasteiger partial charge in [0.15, 0.2) is 0 Å². The number of carbonyl (C=O) groups is 2. The maximum absolute atomic E-state index is 12.9. The first kappa shape index (κ1) is 20.5. The Morgan fingerprint density at radius 1 is 1.30 bits per heavy atom. The first-order valence-electron chi connectivity index (χ1n) is 7.90. The predicted octanol–water partition coefficient (Wildman–Crippen LogP) is 1.29. The second-order valence-corrected chi connectivity index (χ2v) is 7.53. The molecule has 0 saturated heterocycles. The van der Waals surface area contributed by atoms with Crippen LogP contribution < -0.4 is 5.32 Å². The first-order valence-corrected chi connectivity index (χ1v) is 9.34. The number of hydrogen-bond acceptors (Lipinski definition) is 6. The summed E-state index contributed by atoms with van der Waals surface area (Å²) >= 11 is 0. The summed E-state index contributed by atoms with van der Waals surface area (Å²) in [6, 6.07) is 5.01. The molecule has 0 unspecified atom stereocenters. The lowest BCUT2D eigenvalue weighted by Gasteiger charge is -2.16. The number of aryl methyl sites for hydroxylation is 1. The van der Waals surface area contributed by atoms with Crippen LogP contribution in [0.5, 0.6) is 0 Å². The quantitative estimate of drug-likeness (QED) is 0.678. The van der Waals surface area contributed by atoms with E-state index in [1.807, 2.05) is 0 Å². The number of rotatable bonds is 7. The molecule has 2 N–H and O–H groups in total. The zero-order chi connectivity index (χ0) is 20.2. The van der Waals surface area contributed by atoms with Crippen LogP contribution in [0.3, 0.4) is 0 Å². The minimum Gasteiger partial charge on any atom is -0.462 e. The van der Waals surface area contributed by atoms with E-state index in [0.29, 0.717) is 5.69 Å². The number of esters is 1. The zero-order valence-electron chi connectivity index (χ0n) is 14.9. The standard InChI is InChI=1S/C16H19FN4O5S/c1-4-26-16(23)14-10(2)19-20-15(14)27(24,25)21(3)9-13(22)18-12-7-5-11(17)6-8-12/h5-8H,4,9H2,1-3H3,(H,18,22)(H,19,20). The third-order valence-corrected chi connectivity index (χ3v) is 5.28. The van der Waals surface area contributed by atoms with Gasteiger partial charge in [-0.05, 0) is 38.1 Å². The Balaban J connectivity index is 2.18. The van der Waals surface area contributed by atoms with Crippen LogP contribution in [-0.2, 0) is 19.6 Å². The molecule has 0 bridgehead atoms. The molecule has 2 aromatic rings. The van der Waals surface area contributed by atoms with Crippen LogP contribution in [0.25, 0.3) is 0 Å². The summed E-state index contributed by atoms with van der Waals surface area (Å²) in [6.07, 6.45) is 0. The molecule has 1 heterocycles. The number of likely N-dealkylation sites (N-methyl/N-ethyl adjacent to an activating group) is 1. The number of aromatic amines is 1. The van der Waals surface area contributed by atoms with Crippen molar-refractivity contribution < 1.29 is 27.1 Å². The van der Waals surface area contributed by atoms with Crippen LogP contribution in [0.1, 0.15) is 23.0 Å². The highest BCUT2D eigenvalue weighted by molar-refractivity contribution is 7.89. The van der Waals surface area contributed by atoms with Crippen molar-refractivity contribution in [3.05, 3.63) is 41.3 Å². The van der Waals surface area contributed by atoms with E-state index in [0.717, 1.165) is 16.4 Å². The van der Waals surface area contributed by atoms with Gasteiger partial charge < -0.3 is 10.1 Å². The highest BCUT2D eigenvalue weighted by Crippen LogP contribution is 2.20. The number of ether oxygens (including phenoxy) is 1. The average Bonchev–Trinajstić information content (AvgIpc) is 2.99. The number of anilines is 1. The number of amides is 1. The average molecular weight is 398 g/mol. The van der Waals surface area contributed by atoms with E-state index in [4.69, 9.17) is 4.74 Å². The Hall–Kier alpha value is -2.79. The molecule has 0 fully saturated rings. The van der Waals surface area contributed by atoms with Crippen molar-refractivity contribution in [1.82, 2.24) is 14.5 Å². The molecular formula is C16H19FN4O5S. The topological polar surface area (TPSA) is 121 Å². The molecule has 0 aliphatic rings. The van der Waals surface area contributed by atoms with Crippen molar-refractivity contribution in [3.8, 4) is 0 Å². The summed E-state index contributed by atoms with van der Waals surface area (Å²) in [6.45, 7) is 2.61. The van der Waals surface area contributed by atoms with Crippen LogP contribution in [0, 0.1) is 12.7 Å². The van der Waals surface area contributed by atoms with E-state index in [1.54, 1.807) is 6.92 Å². The summed E-state index contributed by atoms with van der Waals surface area (Å²) in [4.78, 5) is 24.1. The van der Waals surface area contributed by atoms with E-state index < -0.39 is 39.3 Å².